The molecule has 0 radical (unpaired) electrons. The van der Waals surface area contributed by atoms with Gasteiger partial charge >= 0.3 is 0 Å². The molecule has 0 spiro atoms. The molecule has 0 saturated heterocycles. The van der Waals surface area contributed by atoms with Gasteiger partial charge in [-0.2, -0.15) is 0 Å². The maximum absolute atomic E-state index is 12.1. The number of hydrogen-bond donors (Lipinski definition) is 1. The SMILES string of the molecule is CS(=O)(=O)c1ccc(NC(=O)c2ccc(Br)c([N+](=O)[O-])c2)cc1. The molecule has 0 aromatic heterocycles. The predicted octanol–water partition coefficient (Wildman–Crippen LogP) is 3.01. The number of carbonyl (C=O) groups excluding carboxylic acids is 1. The number of nitro benzene ring substituents is 1. The molecular weight excluding hydrogens is 388 g/mol. The van der Waals surface area contributed by atoms with Crippen molar-refractivity contribution in [2.45, 2.75) is 4.90 Å². The van der Waals surface area contributed by atoms with Gasteiger partial charge in [-0.05, 0) is 52.3 Å². The summed E-state index contributed by atoms with van der Waals surface area (Å²) in [7, 11) is -3.31. The number of benzene rings is 2. The summed E-state index contributed by atoms with van der Waals surface area (Å²) in [6.45, 7) is 0. The zero-order chi connectivity index (χ0) is 17.2. The predicted molar refractivity (Wildman–Crippen MR) is 88.3 cm³/mol. The molecule has 23 heavy (non-hydrogen) atoms. The van der Waals surface area contributed by atoms with Gasteiger partial charge in [0.05, 0.1) is 14.3 Å². The fourth-order valence-electron chi connectivity index (χ4n) is 1.78. The second-order valence-corrected chi connectivity index (χ2v) is 7.54. The molecular formula is C14H11BrN2O5S. The van der Waals surface area contributed by atoms with E-state index in [9.17, 15) is 23.3 Å². The number of nitro groups is 1. The first kappa shape index (κ1) is 17.1. The number of sulfone groups is 1. The molecule has 7 nitrogen and oxygen atoms in total. The van der Waals surface area contributed by atoms with E-state index in [2.05, 4.69) is 21.2 Å². The lowest BCUT2D eigenvalue weighted by Gasteiger charge is -2.06. The van der Waals surface area contributed by atoms with Crippen molar-refractivity contribution in [1.29, 1.82) is 0 Å². The van der Waals surface area contributed by atoms with E-state index >= 15 is 0 Å². The minimum absolute atomic E-state index is 0.118. The Morgan fingerprint density at radius 1 is 1.17 bits per heavy atom. The van der Waals surface area contributed by atoms with Crippen molar-refractivity contribution >= 4 is 43.0 Å². The van der Waals surface area contributed by atoms with Crippen LogP contribution >= 0.6 is 15.9 Å². The van der Waals surface area contributed by atoms with E-state index in [1.165, 1.54) is 36.4 Å². The molecule has 0 aliphatic heterocycles. The average molecular weight is 399 g/mol. The molecule has 0 unspecified atom stereocenters. The molecule has 0 aliphatic carbocycles. The first-order valence-corrected chi connectivity index (χ1v) is 8.92. The van der Waals surface area contributed by atoms with Crippen LogP contribution in [-0.4, -0.2) is 25.5 Å². The highest BCUT2D eigenvalue weighted by atomic mass is 79.9. The van der Waals surface area contributed by atoms with Gasteiger partial charge in [-0.1, -0.05) is 0 Å². The monoisotopic (exact) mass is 398 g/mol. The summed E-state index contributed by atoms with van der Waals surface area (Å²) in [4.78, 5) is 22.5. The summed E-state index contributed by atoms with van der Waals surface area (Å²) in [6, 6.07) is 9.65. The molecule has 0 atom stereocenters. The minimum atomic E-state index is -3.31. The van der Waals surface area contributed by atoms with Crippen molar-refractivity contribution in [2.75, 3.05) is 11.6 Å². The van der Waals surface area contributed by atoms with E-state index in [0.29, 0.717) is 5.69 Å². The first-order valence-electron chi connectivity index (χ1n) is 6.24. The van der Waals surface area contributed by atoms with Gasteiger partial charge in [0.15, 0.2) is 9.84 Å². The molecule has 0 aliphatic rings. The number of hydrogen-bond acceptors (Lipinski definition) is 5. The Hall–Kier alpha value is -2.26. The fourth-order valence-corrected chi connectivity index (χ4v) is 2.80. The highest BCUT2D eigenvalue weighted by molar-refractivity contribution is 9.10. The summed E-state index contributed by atoms with van der Waals surface area (Å²) >= 11 is 3.04. The van der Waals surface area contributed by atoms with Crippen LogP contribution in [0.25, 0.3) is 0 Å². The molecule has 0 saturated carbocycles. The Morgan fingerprint density at radius 2 is 1.78 bits per heavy atom. The zero-order valence-electron chi connectivity index (χ0n) is 11.8. The molecule has 1 amide bonds. The number of anilines is 1. The van der Waals surface area contributed by atoms with Crippen LogP contribution in [0.15, 0.2) is 51.8 Å². The van der Waals surface area contributed by atoms with Gasteiger partial charge in [0, 0.05) is 23.6 Å². The van der Waals surface area contributed by atoms with Crippen molar-refractivity contribution in [3.63, 3.8) is 0 Å². The summed E-state index contributed by atoms with van der Waals surface area (Å²) in [5.41, 5.74) is 0.283. The van der Waals surface area contributed by atoms with Crippen LogP contribution in [0.5, 0.6) is 0 Å². The largest absolute Gasteiger partial charge is 0.322 e. The second kappa shape index (κ2) is 6.47. The van der Waals surface area contributed by atoms with E-state index in [-0.39, 0.29) is 20.6 Å². The standard InChI is InChI=1S/C14H11BrN2O5S/c1-23(21,22)11-5-3-10(4-6-11)16-14(18)9-2-7-12(15)13(8-9)17(19)20/h2-8H,1H3,(H,16,18). The van der Waals surface area contributed by atoms with E-state index in [4.69, 9.17) is 0 Å². The van der Waals surface area contributed by atoms with Crippen molar-refractivity contribution in [3.05, 3.63) is 62.6 Å². The van der Waals surface area contributed by atoms with Gasteiger partial charge < -0.3 is 5.32 Å². The molecule has 0 heterocycles. The average Bonchev–Trinajstić information content (AvgIpc) is 2.47. The quantitative estimate of drug-likeness (QED) is 0.628. The molecule has 2 rings (SSSR count). The van der Waals surface area contributed by atoms with Crippen LogP contribution in [0.2, 0.25) is 0 Å². The topological polar surface area (TPSA) is 106 Å². The highest BCUT2D eigenvalue weighted by Gasteiger charge is 2.16. The number of nitrogens with zero attached hydrogens (tertiary/aromatic N) is 1. The smallest absolute Gasteiger partial charge is 0.284 e. The Kier molecular flexibility index (Phi) is 4.81. The first-order chi connectivity index (χ1) is 10.7. The Bertz CT molecular complexity index is 879. The van der Waals surface area contributed by atoms with Crippen LogP contribution in [0, 0.1) is 10.1 Å². The Morgan fingerprint density at radius 3 is 2.30 bits per heavy atom. The molecule has 120 valence electrons. The summed E-state index contributed by atoms with van der Waals surface area (Å²) in [5.74, 6) is -0.535. The number of halogens is 1. The van der Waals surface area contributed by atoms with Gasteiger partial charge in [-0.3, -0.25) is 14.9 Å². The Labute approximate surface area is 140 Å². The lowest BCUT2D eigenvalue weighted by Crippen LogP contribution is -2.12. The van der Waals surface area contributed by atoms with Crippen LogP contribution < -0.4 is 5.32 Å². The van der Waals surface area contributed by atoms with Gasteiger partial charge in [0.25, 0.3) is 11.6 Å². The van der Waals surface area contributed by atoms with Crippen LogP contribution in [0.1, 0.15) is 10.4 Å². The number of rotatable bonds is 4. The molecule has 2 aromatic carbocycles. The van der Waals surface area contributed by atoms with Crippen molar-refractivity contribution < 1.29 is 18.1 Å². The normalized spacial score (nSPS) is 11.0. The van der Waals surface area contributed by atoms with Crippen molar-refractivity contribution in [1.82, 2.24) is 0 Å². The van der Waals surface area contributed by atoms with E-state index in [1.54, 1.807) is 0 Å². The number of nitrogens with one attached hydrogen (secondary N) is 1. The lowest BCUT2D eigenvalue weighted by atomic mass is 10.2. The molecule has 0 fully saturated rings. The highest BCUT2D eigenvalue weighted by Crippen LogP contribution is 2.26. The van der Waals surface area contributed by atoms with Gasteiger partial charge in [-0.25, -0.2) is 8.42 Å². The third-order valence-corrected chi connectivity index (χ3v) is 4.74. The van der Waals surface area contributed by atoms with Crippen LogP contribution in [0.4, 0.5) is 11.4 Å². The maximum atomic E-state index is 12.1. The van der Waals surface area contributed by atoms with Gasteiger partial charge in [0.1, 0.15) is 0 Å². The summed E-state index contributed by atoms with van der Waals surface area (Å²) < 4.78 is 23.0. The van der Waals surface area contributed by atoms with Crippen LogP contribution in [-0.2, 0) is 9.84 Å². The van der Waals surface area contributed by atoms with E-state index in [0.717, 1.165) is 12.3 Å². The maximum Gasteiger partial charge on any atom is 0.284 e. The lowest BCUT2D eigenvalue weighted by molar-refractivity contribution is -0.385. The van der Waals surface area contributed by atoms with E-state index in [1.807, 2.05) is 0 Å². The Balaban J connectivity index is 2.22. The van der Waals surface area contributed by atoms with Crippen molar-refractivity contribution in [2.24, 2.45) is 0 Å². The minimum Gasteiger partial charge on any atom is -0.322 e. The summed E-state index contributed by atoms with van der Waals surface area (Å²) in [5, 5.41) is 13.4. The third kappa shape index (κ3) is 4.14. The van der Waals surface area contributed by atoms with E-state index < -0.39 is 20.7 Å². The number of carbonyl (C=O) groups is 1. The molecule has 9 heteroatoms. The fraction of sp³-hybridized carbons (Fsp3) is 0.0714. The van der Waals surface area contributed by atoms with Crippen LogP contribution in [0.3, 0.4) is 0 Å². The molecule has 2 aromatic rings. The summed E-state index contributed by atoms with van der Waals surface area (Å²) in [6.07, 6.45) is 1.08. The molecule has 0 bridgehead atoms. The van der Waals surface area contributed by atoms with Crippen molar-refractivity contribution in [3.8, 4) is 0 Å². The zero-order valence-corrected chi connectivity index (χ0v) is 14.2. The third-order valence-electron chi connectivity index (χ3n) is 2.95. The van der Waals surface area contributed by atoms with Gasteiger partial charge in [-0.15, -0.1) is 0 Å². The van der Waals surface area contributed by atoms with Gasteiger partial charge in [0.2, 0.25) is 0 Å². The number of amides is 1. The second-order valence-electron chi connectivity index (χ2n) is 4.67. The molecule has 1 N–H and O–H groups in total.